The van der Waals surface area contributed by atoms with E-state index in [2.05, 4.69) is 10.6 Å². The van der Waals surface area contributed by atoms with Gasteiger partial charge < -0.3 is 29.6 Å². The van der Waals surface area contributed by atoms with Gasteiger partial charge in [0, 0.05) is 36.0 Å². The number of amides is 2. The Morgan fingerprint density at radius 1 is 0.575 bits per heavy atom. The molecule has 12 heteroatoms. The van der Waals surface area contributed by atoms with Crippen LogP contribution in [0.5, 0.6) is 23.0 Å². The van der Waals surface area contributed by atoms with Crippen LogP contribution in [0.15, 0.2) is 84.3 Å². The molecule has 0 saturated heterocycles. The van der Waals surface area contributed by atoms with Crippen LogP contribution in [0.3, 0.4) is 0 Å². The van der Waals surface area contributed by atoms with Crippen LogP contribution in [-0.2, 0) is 0 Å². The first kappa shape index (κ1) is 28.5. The van der Waals surface area contributed by atoms with Gasteiger partial charge in [-0.25, -0.2) is 9.59 Å². The number of carbonyl (C=O) groups is 4. The average molecular weight is 585 g/mol. The van der Waals surface area contributed by atoms with Gasteiger partial charge in [0.15, 0.2) is 0 Å². The molecule has 4 rings (SSSR count). The predicted octanol–water partition coefficient (Wildman–Crippen LogP) is 5.09. The van der Waals surface area contributed by atoms with Gasteiger partial charge >= 0.3 is 12.2 Å². The molecule has 0 spiro atoms. The number of nitrogens with one attached hydrogen (secondary N) is 2. The normalized spacial score (nSPS) is 12.3. The summed E-state index contributed by atoms with van der Waals surface area (Å²) in [7, 11) is 0. The van der Waals surface area contributed by atoms with Gasteiger partial charge in [0.25, 0.3) is 0 Å². The third-order valence-electron chi connectivity index (χ3n) is 5.27. The van der Waals surface area contributed by atoms with Gasteiger partial charge in [-0.1, -0.05) is 24.3 Å². The van der Waals surface area contributed by atoms with E-state index in [0.29, 0.717) is 0 Å². The van der Waals surface area contributed by atoms with Crippen LogP contribution < -0.4 is 29.6 Å². The summed E-state index contributed by atoms with van der Waals surface area (Å²) in [6.07, 6.45) is -1.35. The Bertz CT molecular complexity index is 1330. The van der Waals surface area contributed by atoms with Crippen LogP contribution in [0.25, 0.3) is 0 Å². The summed E-state index contributed by atoms with van der Waals surface area (Å²) in [4.78, 5) is 50.2. The van der Waals surface area contributed by atoms with Crippen LogP contribution in [0.2, 0.25) is 0 Å². The maximum absolute atomic E-state index is 13.4. The van der Waals surface area contributed by atoms with Crippen LogP contribution >= 0.6 is 23.2 Å². The van der Waals surface area contributed by atoms with E-state index in [-0.39, 0.29) is 70.5 Å². The lowest BCUT2D eigenvalue weighted by molar-refractivity contribution is 0.0897. The first-order valence-electron chi connectivity index (χ1n) is 11.9. The molecule has 0 radical (unpaired) electrons. The zero-order valence-electron chi connectivity index (χ0n) is 20.8. The molecule has 0 fully saturated rings. The topological polar surface area (TPSA) is 129 Å². The number of benzene rings is 3. The molecule has 10 nitrogen and oxygen atoms in total. The number of ketones is 2. The number of hydrogen-bond donors (Lipinski definition) is 2. The molecule has 0 bridgehead atoms. The van der Waals surface area contributed by atoms with Gasteiger partial charge in [-0.2, -0.15) is 0 Å². The maximum atomic E-state index is 13.4. The molecule has 0 heterocycles. The van der Waals surface area contributed by atoms with Crippen LogP contribution in [0.4, 0.5) is 9.59 Å². The SMILES string of the molecule is O=C(NCCCl)Oc1ccc(OC2=C(Oc3ccc(OC(=O)NCCCl)cc3)C(=O)c3ccccc3C2=O)cc1. The lowest BCUT2D eigenvalue weighted by atomic mass is 9.92. The Morgan fingerprint density at radius 3 is 1.27 bits per heavy atom. The standard InChI is InChI=1S/C28H22Cl2N2O8/c29-13-15-31-27(35)39-19-9-5-17(6-10-19)37-25-23(33)21-3-1-2-4-22(21)24(34)26(25)38-18-7-11-20(12-8-18)40-28(36)32-16-14-30/h1-12H,13-16H2,(H,31,35)(H,32,36). The number of alkyl halides is 2. The van der Waals surface area contributed by atoms with Crippen molar-refractivity contribution in [2.45, 2.75) is 0 Å². The number of carbonyl (C=O) groups excluding carboxylic acids is 4. The van der Waals surface area contributed by atoms with Crippen LogP contribution in [0, 0.1) is 0 Å². The van der Waals surface area contributed by atoms with Crippen molar-refractivity contribution in [3.8, 4) is 23.0 Å². The molecule has 0 saturated carbocycles. The van der Waals surface area contributed by atoms with E-state index in [4.69, 9.17) is 42.1 Å². The maximum Gasteiger partial charge on any atom is 0.412 e. The smallest absolute Gasteiger partial charge is 0.412 e. The molecule has 3 aromatic carbocycles. The molecule has 40 heavy (non-hydrogen) atoms. The molecular formula is C28H22Cl2N2O8. The third-order valence-corrected chi connectivity index (χ3v) is 5.65. The van der Waals surface area contributed by atoms with Crippen LogP contribution in [-0.4, -0.2) is 48.6 Å². The molecule has 0 atom stereocenters. The van der Waals surface area contributed by atoms with E-state index < -0.39 is 23.8 Å². The summed E-state index contributed by atoms with van der Waals surface area (Å²) in [5, 5.41) is 4.94. The van der Waals surface area contributed by atoms with Crippen molar-refractivity contribution in [2.75, 3.05) is 24.8 Å². The third kappa shape index (κ3) is 7.10. The molecule has 2 amide bonds. The molecule has 2 N–H and O–H groups in total. The largest absolute Gasteiger partial charge is 0.449 e. The van der Waals surface area contributed by atoms with Gasteiger partial charge in [0.1, 0.15) is 23.0 Å². The minimum absolute atomic E-state index is 0.164. The molecule has 0 aliphatic heterocycles. The first-order chi connectivity index (χ1) is 19.4. The molecular weight excluding hydrogens is 563 g/mol. The van der Waals surface area contributed by atoms with Gasteiger partial charge in [-0.15, -0.1) is 23.2 Å². The highest BCUT2D eigenvalue weighted by Gasteiger charge is 2.36. The summed E-state index contributed by atoms with van der Waals surface area (Å²) in [5.74, 6) is -0.448. The second-order valence-corrected chi connectivity index (χ2v) is 8.78. The monoisotopic (exact) mass is 584 g/mol. The van der Waals surface area contributed by atoms with Crippen molar-refractivity contribution in [1.29, 1.82) is 0 Å². The fourth-order valence-corrected chi connectivity index (χ4v) is 3.68. The Labute approximate surface area is 238 Å². The minimum atomic E-state index is -0.676. The van der Waals surface area contributed by atoms with Crippen molar-refractivity contribution in [3.05, 3.63) is 95.4 Å². The molecule has 1 aliphatic rings. The van der Waals surface area contributed by atoms with Crippen molar-refractivity contribution in [3.63, 3.8) is 0 Å². The number of ether oxygens (including phenoxy) is 4. The van der Waals surface area contributed by atoms with E-state index in [9.17, 15) is 19.2 Å². The van der Waals surface area contributed by atoms with E-state index in [0.717, 1.165) is 0 Å². The second kappa shape index (κ2) is 13.5. The van der Waals surface area contributed by atoms with Gasteiger partial charge in [-0.05, 0) is 48.5 Å². The van der Waals surface area contributed by atoms with E-state index in [1.54, 1.807) is 12.1 Å². The van der Waals surface area contributed by atoms with Crippen molar-refractivity contribution >= 4 is 47.0 Å². The van der Waals surface area contributed by atoms with E-state index >= 15 is 0 Å². The summed E-state index contributed by atoms with van der Waals surface area (Å²) >= 11 is 11.1. The Kier molecular flexibility index (Phi) is 9.61. The van der Waals surface area contributed by atoms with Gasteiger partial charge in [0.2, 0.25) is 23.1 Å². The number of Topliss-reactive ketones (excluding diaryl/α,β-unsaturated/α-hetero) is 2. The molecule has 3 aromatic rings. The Balaban J connectivity index is 1.57. The fraction of sp³-hybridized carbons (Fsp3) is 0.143. The van der Waals surface area contributed by atoms with Crippen molar-refractivity contribution in [2.24, 2.45) is 0 Å². The minimum Gasteiger partial charge on any atom is -0.449 e. The number of halogens is 2. The van der Waals surface area contributed by atoms with Gasteiger partial charge in [-0.3, -0.25) is 9.59 Å². The molecule has 0 unspecified atom stereocenters. The second-order valence-electron chi connectivity index (χ2n) is 8.02. The molecule has 1 aliphatic carbocycles. The predicted molar refractivity (Wildman–Crippen MR) is 146 cm³/mol. The number of hydrogen-bond acceptors (Lipinski definition) is 8. The summed E-state index contributed by atoms with van der Waals surface area (Å²) in [5.41, 5.74) is 0.329. The summed E-state index contributed by atoms with van der Waals surface area (Å²) in [6.45, 7) is 0.492. The number of allylic oxidation sites excluding steroid dienone is 2. The lowest BCUT2D eigenvalue weighted by Crippen LogP contribution is -2.28. The van der Waals surface area contributed by atoms with Gasteiger partial charge in [0.05, 0.1) is 0 Å². The lowest BCUT2D eigenvalue weighted by Gasteiger charge is -2.21. The van der Waals surface area contributed by atoms with Crippen molar-refractivity contribution < 1.29 is 38.1 Å². The summed E-state index contributed by atoms with van der Waals surface area (Å²) in [6, 6.07) is 18.0. The zero-order valence-corrected chi connectivity index (χ0v) is 22.3. The highest BCUT2D eigenvalue weighted by atomic mass is 35.5. The number of rotatable bonds is 10. The highest BCUT2D eigenvalue weighted by molar-refractivity contribution is 6.25. The molecule has 206 valence electrons. The zero-order chi connectivity index (χ0) is 28.5. The Morgan fingerprint density at radius 2 is 0.925 bits per heavy atom. The highest BCUT2D eigenvalue weighted by Crippen LogP contribution is 2.31. The average Bonchev–Trinajstić information content (AvgIpc) is 2.97. The van der Waals surface area contributed by atoms with E-state index in [1.807, 2.05) is 0 Å². The Hall–Kier alpha value is -4.54. The summed E-state index contributed by atoms with van der Waals surface area (Å²) < 4.78 is 22.0. The number of fused-ring (bicyclic) bond motifs is 1. The molecule has 0 aromatic heterocycles. The first-order valence-corrected chi connectivity index (χ1v) is 13.0. The van der Waals surface area contributed by atoms with Crippen molar-refractivity contribution in [1.82, 2.24) is 10.6 Å². The fourth-order valence-electron chi connectivity index (χ4n) is 3.49. The van der Waals surface area contributed by atoms with Crippen LogP contribution in [0.1, 0.15) is 20.7 Å². The quantitative estimate of drug-likeness (QED) is 0.315. The van der Waals surface area contributed by atoms with E-state index in [1.165, 1.54) is 60.7 Å².